The summed E-state index contributed by atoms with van der Waals surface area (Å²) in [5, 5.41) is 16.2. The second kappa shape index (κ2) is 7.83. The Morgan fingerprint density at radius 1 is 1.42 bits per heavy atom. The number of nitrogens with one attached hydrogen (secondary N) is 1. The highest BCUT2D eigenvalue weighted by Crippen LogP contribution is 2.27. The summed E-state index contributed by atoms with van der Waals surface area (Å²) in [7, 11) is 3.25. The number of aliphatic carboxylic acids is 1. The Morgan fingerprint density at radius 2 is 2.17 bits per heavy atom. The van der Waals surface area contributed by atoms with Crippen LogP contribution in [0.15, 0.2) is 30.5 Å². The lowest BCUT2D eigenvalue weighted by atomic mass is 10.1. The maximum atomic E-state index is 12.1. The molecule has 0 saturated carbocycles. The molecule has 0 aliphatic heterocycles. The van der Waals surface area contributed by atoms with E-state index in [1.807, 2.05) is 6.07 Å². The van der Waals surface area contributed by atoms with Gasteiger partial charge >= 0.3 is 5.97 Å². The average Bonchev–Trinajstić information content (AvgIpc) is 2.95. The van der Waals surface area contributed by atoms with Gasteiger partial charge in [0, 0.05) is 25.4 Å². The summed E-state index contributed by atoms with van der Waals surface area (Å²) in [4.78, 5) is 23.6. The molecular weight excluding hydrogens is 334 g/mol. The predicted molar refractivity (Wildman–Crippen MR) is 88.1 cm³/mol. The molecule has 2 rings (SSSR count). The third-order valence-corrected chi connectivity index (χ3v) is 3.89. The maximum Gasteiger partial charge on any atom is 0.330 e. The third-order valence-electron chi connectivity index (χ3n) is 3.59. The van der Waals surface area contributed by atoms with Crippen molar-refractivity contribution in [2.45, 2.75) is 18.9 Å². The molecule has 0 radical (unpaired) electrons. The van der Waals surface area contributed by atoms with E-state index in [0.29, 0.717) is 17.7 Å². The first-order valence-corrected chi connectivity index (χ1v) is 7.62. The third kappa shape index (κ3) is 4.26. The van der Waals surface area contributed by atoms with Gasteiger partial charge in [-0.05, 0) is 30.2 Å². The lowest BCUT2D eigenvalue weighted by Gasteiger charge is -2.16. The van der Waals surface area contributed by atoms with Gasteiger partial charge in [0.25, 0.3) is 0 Å². The number of carbonyl (C=O) groups excluding carboxylic acids is 1. The maximum absolute atomic E-state index is 12.1. The Hall–Kier alpha value is -2.54. The summed E-state index contributed by atoms with van der Waals surface area (Å²) in [6, 6.07) is 5.24. The van der Waals surface area contributed by atoms with Crippen LogP contribution in [-0.2, 0) is 23.1 Å². The highest BCUT2D eigenvalue weighted by Gasteiger charge is 2.23. The number of methoxy groups -OCH3 is 1. The number of hydrogen-bond donors (Lipinski definition) is 2. The Labute approximate surface area is 144 Å². The van der Waals surface area contributed by atoms with E-state index in [0.717, 1.165) is 5.69 Å². The van der Waals surface area contributed by atoms with Crippen molar-refractivity contribution in [3.63, 3.8) is 0 Å². The average molecular weight is 352 g/mol. The molecule has 0 aliphatic carbocycles. The minimum absolute atomic E-state index is 0.160. The second-order valence-electron chi connectivity index (χ2n) is 5.18. The number of carboxylic acid groups (broad SMARTS) is 1. The van der Waals surface area contributed by atoms with Crippen LogP contribution in [0.25, 0.3) is 0 Å². The molecule has 2 aromatic rings. The quantitative estimate of drug-likeness (QED) is 0.795. The van der Waals surface area contributed by atoms with E-state index in [-0.39, 0.29) is 17.4 Å². The number of amides is 1. The van der Waals surface area contributed by atoms with Gasteiger partial charge in [-0.2, -0.15) is 5.10 Å². The van der Waals surface area contributed by atoms with Crippen molar-refractivity contribution in [2.75, 3.05) is 7.11 Å². The molecule has 0 bridgehead atoms. The lowest BCUT2D eigenvalue weighted by Crippen LogP contribution is -2.34. The summed E-state index contributed by atoms with van der Waals surface area (Å²) >= 11 is 6.02. The van der Waals surface area contributed by atoms with Gasteiger partial charge < -0.3 is 15.2 Å². The van der Waals surface area contributed by atoms with E-state index in [2.05, 4.69) is 10.4 Å². The van der Waals surface area contributed by atoms with Crippen LogP contribution in [0.5, 0.6) is 5.75 Å². The highest BCUT2D eigenvalue weighted by atomic mass is 35.5. The number of carboxylic acids is 1. The van der Waals surface area contributed by atoms with Gasteiger partial charge in [-0.1, -0.05) is 17.7 Å². The van der Waals surface area contributed by atoms with Crippen molar-refractivity contribution < 1.29 is 19.4 Å². The fourth-order valence-corrected chi connectivity index (χ4v) is 2.54. The van der Waals surface area contributed by atoms with Crippen molar-refractivity contribution in [2.24, 2.45) is 7.05 Å². The summed E-state index contributed by atoms with van der Waals surface area (Å²) in [6.45, 7) is 0. The van der Waals surface area contributed by atoms with Crippen LogP contribution >= 0.6 is 11.6 Å². The SMILES string of the molecule is COc1ccc(C(NC(=O)CCc2ccnn2C)C(=O)O)cc1Cl. The number of halogens is 1. The number of nitrogens with zero attached hydrogens (tertiary/aromatic N) is 2. The van der Waals surface area contributed by atoms with E-state index in [1.165, 1.54) is 13.2 Å². The van der Waals surface area contributed by atoms with Crippen LogP contribution in [0.3, 0.4) is 0 Å². The smallest absolute Gasteiger partial charge is 0.330 e. The first-order chi connectivity index (χ1) is 11.4. The zero-order chi connectivity index (χ0) is 17.7. The number of rotatable bonds is 7. The van der Waals surface area contributed by atoms with Crippen molar-refractivity contribution >= 4 is 23.5 Å². The van der Waals surface area contributed by atoms with E-state index < -0.39 is 12.0 Å². The van der Waals surface area contributed by atoms with E-state index in [4.69, 9.17) is 16.3 Å². The fraction of sp³-hybridized carbons (Fsp3) is 0.312. The molecular formula is C16H18ClN3O4. The van der Waals surface area contributed by atoms with Gasteiger partial charge in [-0.25, -0.2) is 4.79 Å². The monoisotopic (exact) mass is 351 g/mol. The van der Waals surface area contributed by atoms with Gasteiger partial charge in [0.15, 0.2) is 6.04 Å². The molecule has 0 saturated heterocycles. The minimum Gasteiger partial charge on any atom is -0.495 e. The van der Waals surface area contributed by atoms with Crippen LogP contribution in [0.1, 0.15) is 23.7 Å². The van der Waals surface area contributed by atoms with Crippen LogP contribution in [0, 0.1) is 0 Å². The molecule has 1 aromatic carbocycles. The second-order valence-corrected chi connectivity index (χ2v) is 5.59. The molecule has 1 heterocycles. The molecule has 0 aliphatic rings. The van der Waals surface area contributed by atoms with Gasteiger partial charge in [0.1, 0.15) is 5.75 Å². The standard InChI is InChI=1S/C16H18ClN3O4/c1-20-11(7-8-18-20)4-6-14(21)19-15(16(22)23)10-3-5-13(24-2)12(17)9-10/h3,5,7-9,15H,4,6H2,1-2H3,(H,19,21)(H,22,23). The molecule has 128 valence electrons. The highest BCUT2D eigenvalue weighted by molar-refractivity contribution is 6.32. The zero-order valence-corrected chi connectivity index (χ0v) is 14.1. The Bertz CT molecular complexity index is 745. The molecule has 1 amide bonds. The summed E-state index contributed by atoms with van der Waals surface area (Å²) < 4.78 is 6.71. The molecule has 8 heteroatoms. The Balaban J connectivity index is 2.05. The predicted octanol–water partition coefficient (Wildman–Crippen LogP) is 1.96. The number of hydrogen-bond acceptors (Lipinski definition) is 4. The van der Waals surface area contributed by atoms with Gasteiger partial charge in [0.2, 0.25) is 5.91 Å². The van der Waals surface area contributed by atoms with E-state index in [9.17, 15) is 14.7 Å². The van der Waals surface area contributed by atoms with Gasteiger partial charge in [-0.15, -0.1) is 0 Å². The molecule has 7 nitrogen and oxygen atoms in total. The topological polar surface area (TPSA) is 93.5 Å². The molecule has 0 fully saturated rings. The van der Waals surface area contributed by atoms with Crippen LogP contribution in [-0.4, -0.2) is 33.9 Å². The van der Waals surface area contributed by atoms with Crippen LogP contribution < -0.4 is 10.1 Å². The molecule has 0 spiro atoms. The normalized spacial score (nSPS) is 11.8. The number of ether oxygens (including phenoxy) is 1. The molecule has 2 N–H and O–H groups in total. The summed E-state index contributed by atoms with van der Waals surface area (Å²) in [5.41, 5.74) is 1.27. The van der Waals surface area contributed by atoms with Crippen molar-refractivity contribution in [1.82, 2.24) is 15.1 Å². The van der Waals surface area contributed by atoms with Crippen LogP contribution in [0.4, 0.5) is 0 Å². The Kier molecular flexibility index (Phi) is 5.81. The van der Waals surface area contributed by atoms with Gasteiger partial charge in [-0.3, -0.25) is 9.48 Å². The molecule has 1 unspecified atom stereocenters. The largest absolute Gasteiger partial charge is 0.495 e. The number of benzene rings is 1. The van der Waals surface area contributed by atoms with Crippen molar-refractivity contribution in [3.05, 3.63) is 46.7 Å². The zero-order valence-electron chi connectivity index (χ0n) is 13.3. The molecule has 1 aromatic heterocycles. The summed E-state index contributed by atoms with van der Waals surface area (Å²) in [6.07, 6.45) is 2.28. The number of aryl methyl sites for hydroxylation is 2. The van der Waals surface area contributed by atoms with Gasteiger partial charge in [0.05, 0.1) is 12.1 Å². The van der Waals surface area contributed by atoms with Crippen molar-refractivity contribution in [3.8, 4) is 5.75 Å². The van der Waals surface area contributed by atoms with E-state index >= 15 is 0 Å². The Morgan fingerprint density at radius 3 is 2.71 bits per heavy atom. The number of carbonyl (C=O) groups is 2. The first-order valence-electron chi connectivity index (χ1n) is 7.25. The fourth-order valence-electron chi connectivity index (χ4n) is 2.27. The molecule has 24 heavy (non-hydrogen) atoms. The minimum atomic E-state index is -1.17. The first kappa shape index (κ1) is 17.8. The van der Waals surface area contributed by atoms with E-state index in [1.54, 1.807) is 30.1 Å². The summed E-state index contributed by atoms with van der Waals surface area (Å²) in [5.74, 6) is -1.09. The number of aromatic nitrogens is 2. The van der Waals surface area contributed by atoms with Crippen molar-refractivity contribution in [1.29, 1.82) is 0 Å². The molecule has 1 atom stereocenters. The van der Waals surface area contributed by atoms with Crippen LogP contribution in [0.2, 0.25) is 5.02 Å². The lowest BCUT2D eigenvalue weighted by molar-refractivity contribution is -0.142.